The van der Waals surface area contributed by atoms with Gasteiger partial charge in [-0.25, -0.2) is 0 Å². The van der Waals surface area contributed by atoms with Crippen LogP contribution in [-0.2, 0) is 4.79 Å². The molecule has 0 spiro atoms. The second-order valence-corrected chi connectivity index (χ2v) is 4.89. The molecule has 0 atom stereocenters. The lowest BCUT2D eigenvalue weighted by atomic mass is 9.88. The molecule has 0 heterocycles. The highest BCUT2D eigenvalue weighted by atomic mass is 16.1. The molecule has 1 N–H and O–H groups in total. The van der Waals surface area contributed by atoms with Crippen molar-refractivity contribution in [1.82, 2.24) is 5.32 Å². The summed E-state index contributed by atoms with van der Waals surface area (Å²) in [6.45, 7) is 3.91. The first-order valence-electron chi connectivity index (χ1n) is 6.00. The van der Waals surface area contributed by atoms with E-state index in [-0.39, 0.29) is 5.78 Å². The maximum Gasteiger partial charge on any atom is 0.177 e. The van der Waals surface area contributed by atoms with Gasteiger partial charge in [0, 0.05) is 0 Å². The Balaban J connectivity index is 2.72. The van der Waals surface area contributed by atoms with Gasteiger partial charge in [0.2, 0.25) is 0 Å². The molecule has 0 amide bonds. The molecule has 0 unspecified atom stereocenters. The minimum atomic E-state index is -0.412. The van der Waals surface area contributed by atoms with E-state index in [0.717, 1.165) is 24.8 Å². The van der Waals surface area contributed by atoms with Gasteiger partial charge in [0.05, 0.1) is 5.54 Å². The van der Waals surface area contributed by atoms with E-state index < -0.39 is 5.54 Å². The number of rotatable bonds is 3. The third kappa shape index (κ3) is 3.45. The number of hydrogen-bond acceptors (Lipinski definition) is 2. The molecule has 1 rings (SSSR count). The van der Waals surface area contributed by atoms with E-state index in [0.29, 0.717) is 0 Å². The fourth-order valence-electron chi connectivity index (χ4n) is 1.91. The molecular formula is C13H23NO. The Morgan fingerprint density at radius 3 is 2.60 bits per heavy atom. The summed E-state index contributed by atoms with van der Waals surface area (Å²) in [7, 11) is 1.85. The lowest BCUT2D eigenvalue weighted by molar-refractivity contribution is -0.120. The third-order valence-electron chi connectivity index (χ3n) is 3.28. The second kappa shape index (κ2) is 5.45. The van der Waals surface area contributed by atoms with Crippen molar-refractivity contribution in [2.24, 2.45) is 0 Å². The van der Waals surface area contributed by atoms with Gasteiger partial charge in [0.15, 0.2) is 5.78 Å². The van der Waals surface area contributed by atoms with Gasteiger partial charge < -0.3 is 5.32 Å². The summed E-state index contributed by atoms with van der Waals surface area (Å²) in [5.74, 6) is 0.270. The molecule has 2 heteroatoms. The van der Waals surface area contributed by atoms with Crippen LogP contribution in [0.25, 0.3) is 0 Å². The van der Waals surface area contributed by atoms with Crippen LogP contribution in [-0.4, -0.2) is 18.4 Å². The Bertz CT molecular complexity index is 253. The summed E-state index contributed by atoms with van der Waals surface area (Å²) in [6, 6.07) is 0. The molecule has 0 radical (unpaired) electrons. The predicted octanol–water partition coefficient (Wildman–Crippen LogP) is 2.83. The minimum Gasteiger partial charge on any atom is -0.308 e. The zero-order valence-electron chi connectivity index (χ0n) is 10.2. The summed E-state index contributed by atoms with van der Waals surface area (Å²) >= 11 is 0. The van der Waals surface area contributed by atoms with Crippen LogP contribution in [0.5, 0.6) is 0 Å². The molecule has 86 valence electrons. The molecule has 0 saturated heterocycles. The zero-order chi connectivity index (χ0) is 11.3. The van der Waals surface area contributed by atoms with Crippen molar-refractivity contribution in [3.05, 3.63) is 11.6 Å². The highest BCUT2D eigenvalue weighted by Crippen LogP contribution is 2.21. The van der Waals surface area contributed by atoms with E-state index in [1.165, 1.54) is 19.3 Å². The van der Waals surface area contributed by atoms with E-state index in [4.69, 9.17) is 0 Å². The van der Waals surface area contributed by atoms with Gasteiger partial charge in [-0.15, -0.1) is 0 Å². The van der Waals surface area contributed by atoms with Crippen molar-refractivity contribution in [1.29, 1.82) is 0 Å². The quantitative estimate of drug-likeness (QED) is 0.774. The van der Waals surface area contributed by atoms with Crippen molar-refractivity contribution in [3.63, 3.8) is 0 Å². The Kier molecular flexibility index (Phi) is 4.52. The number of likely N-dealkylation sites (N-methyl/N-ethyl adjacent to an activating group) is 1. The molecule has 2 nitrogen and oxygen atoms in total. The van der Waals surface area contributed by atoms with Gasteiger partial charge in [-0.3, -0.25) is 4.79 Å². The van der Waals surface area contributed by atoms with Crippen molar-refractivity contribution in [2.45, 2.75) is 57.9 Å². The summed E-state index contributed by atoms with van der Waals surface area (Å²) in [5.41, 5.74) is 0.624. The van der Waals surface area contributed by atoms with Crippen LogP contribution in [0.15, 0.2) is 11.6 Å². The van der Waals surface area contributed by atoms with Gasteiger partial charge in [0.1, 0.15) is 0 Å². The number of nitrogens with one attached hydrogen (secondary N) is 1. The van der Waals surface area contributed by atoms with Crippen LogP contribution in [0, 0.1) is 0 Å². The number of hydrogen-bond donors (Lipinski definition) is 1. The Labute approximate surface area is 93.1 Å². The van der Waals surface area contributed by atoms with Crippen LogP contribution in [0.2, 0.25) is 0 Å². The molecule has 0 saturated carbocycles. The van der Waals surface area contributed by atoms with Gasteiger partial charge in [-0.1, -0.05) is 18.9 Å². The summed E-state index contributed by atoms with van der Waals surface area (Å²) in [6.07, 6.45) is 9.16. The minimum absolute atomic E-state index is 0.270. The van der Waals surface area contributed by atoms with E-state index >= 15 is 0 Å². The largest absolute Gasteiger partial charge is 0.308 e. The average molecular weight is 209 g/mol. The van der Waals surface area contributed by atoms with E-state index in [9.17, 15) is 4.79 Å². The zero-order valence-corrected chi connectivity index (χ0v) is 10.2. The average Bonchev–Trinajstić information content (AvgIpc) is 2.16. The molecule has 0 bridgehead atoms. The Morgan fingerprint density at radius 1 is 1.27 bits per heavy atom. The molecule has 1 aliphatic rings. The lowest BCUT2D eigenvalue weighted by Gasteiger charge is -2.24. The molecule has 1 aliphatic carbocycles. The molecule has 15 heavy (non-hydrogen) atoms. The number of ketones is 1. The molecule has 0 aliphatic heterocycles. The smallest absolute Gasteiger partial charge is 0.177 e. The molecule has 0 aromatic heterocycles. The summed E-state index contributed by atoms with van der Waals surface area (Å²) in [4.78, 5) is 12.2. The second-order valence-electron chi connectivity index (χ2n) is 4.89. The maximum absolute atomic E-state index is 12.2. The number of carbonyl (C=O) groups is 1. The highest BCUT2D eigenvalue weighted by molar-refractivity contribution is 6.02. The lowest BCUT2D eigenvalue weighted by Crippen LogP contribution is -2.45. The van der Waals surface area contributed by atoms with Crippen LogP contribution < -0.4 is 5.32 Å². The normalized spacial score (nSPS) is 19.0. The van der Waals surface area contributed by atoms with Gasteiger partial charge in [-0.2, -0.15) is 0 Å². The summed E-state index contributed by atoms with van der Waals surface area (Å²) < 4.78 is 0. The first kappa shape index (κ1) is 12.4. The fraction of sp³-hybridized carbons (Fsp3) is 0.769. The van der Waals surface area contributed by atoms with E-state index in [1.54, 1.807) is 0 Å². The molecule has 0 aromatic carbocycles. The van der Waals surface area contributed by atoms with Crippen LogP contribution in [0.3, 0.4) is 0 Å². The first-order chi connectivity index (χ1) is 7.08. The van der Waals surface area contributed by atoms with Gasteiger partial charge in [-0.05, 0) is 52.2 Å². The monoisotopic (exact) mass is 209 g/mol. The van der Waals surface area contributed by atoms with Crippen molar-refractivity contribution in [3.8, 4) is 0 Å². The predicted molar refractivity (Wildman–Crippen MR) is 63.9 cm³/mol. The van der Waals surface area contributed by atoms with Crippen LogP contribution in [0.4, 0.5) is 0 Å². The summed E-state index contributed by atoms with van der Waals surface area (Å²) in [5, 5.41) is 3.08. The maximum atomic E-state index is 12.2. The van der Waals surface area contributed by atoms with Crippen LogP contribution in [0.1, 0.15) is 52.4 Å². The number of Topliss-reactive ketones (excluding diaryl/α,β-unsaturated/α-hetero) is 1. The van der Waals surface area contributed by atoms with Crippen LogP contribution >= 0.6 is 0 Å². The third-order valence-corrected chi connectivity index (χ3v) is 3.28. The number of carbonyl (C=O) groups excluding carboxylic acids is 1. The van der Waals surface area contributed by atoms with Gasteiger partial charge in [0.25, 0.3) is 0 Å². The van der Waals surface area contributed by atoms with E-state index in [2.05, 4.69) is 11.4 Å². The Morgan fingerprint density at radius 2 is 1.93 bits per heavy atom. The highest BCUT2D eigenvalue weighted by Gasteiger charge is 2.27. The fourth-order valence-corrected chi connectivity index (χ4v) is 1.91. The standard InChI is InChI=1S/C13H23NO/c1-13(2,14-3)12(15)11-9-7-5-4-6-8-10-11/h9,14H,4-8,10H2,1-3H3. The topological polar surface area (TPSA) is 29.1 Å². The Hall–Kier alpha value is -0.630. The molecule has 0 fully saturated rings. The van der Waals surface area contributed by atoms with Crippen molar-refractivity contribution >= 4 is 5.78 Å². The van der Waals surface area contributed by atoms with E-state index in [1.807, 2.05) is 20.9 Å². The number of allylic oxidation sites excluding steroid dienone is 1. The van der Waals surface area contributed by atoms with Crippen molar-refractivity contribution < 1.29 is 4.79 Å². The van der Waals surface area contributed by atoms with Crippen molar-refractivity contribution in [2.75, 3.05) is 7.05 Å². The van der Waals surface area contributed by atoms with Gasteiger partial charge >= 0.3 is 0 Å². The molecular weight excluding hydrogens is 186 g/mol. The SMILES string of the molecule is CNC(C)(C)C(=O)C1=CCCCCCC1. The molecule has 0 aromatic rings. The first-order valence-corrected chi connectivity index (χ1v) is 6.00.